The summed E-state index contributed by atoms with van der Waals surface area (Å²) in [6, 6.07) is 6.14. The number of carbonyl (C=O) groups is 1. The lowest BCUT2D eigenvalue weighted by atomic mass is 10.2. The van der Waals surface area contributed by atoms with Crippen LogP contribution in [0.3, 0.4) is 0 Å². The van der Waals surface area contributed by atoms with E-state index in [4.69, 9.17) is 0 Å². The average molecular weight is 298 g/mol. The molecule has 1 aliphatic heterocycles. The van der Waals surface area contributed by atoms with Gasteiger partial charge in [0.1, 0.15) is 0 Å². The van der Waals surface area contributed by atoms with Gasteiger partial charge in [-0.25, -0.2) is 17.9 Å². The Labute approximate surface area is 118 Å². The highest BCUT2D eigenvalue weighted by atomic mass is 32.2. The number of rotatable bonds is 4. The zero-order chi connectivity index (χ0) is 14.8. The second kappa shape index (κ2) is 5.90. The van der Waals surface area contributed by atoms with Crippen molar-refractivity contribution in [3.8, 4) is 0 Å². The largest absolute Gasteiger partial charge is 0.465 e. The molecule has 20 heavy (non-hydrogen) atoms. The minimum absolute atomic E-state index is 0.0431. The van der Waals surface area contributed by atoms with E-state index in [0.29, 0.717) is 6.54 Å². The van der Waals surface area contributed by atoms with Gasteiger partial charge in [-0.1, -0.05) is 12.1 Å². The van der Waals surface area contributed by atoms with Gasteiger partial charge in [-0.15, -0.1) is 0 Å². The summed E-state index contributed by atoms with van der Waals surface area (Å²) < 4.78 is 32.0. The first-order valence-electron chi connectivity index (χ1n) is 6.37. The minimum atomic E-state index is -3.74. The molecule has 0 saturated carbocycles. The fourth-order valence-electron chi connectivity index (χ4n) is 2.29. The zero-order valence-corrected chi connectivity index (χ0v) is 12.2. The molecular formula is C13H18N2O4S. The van der Waals surface area contributed by atoms with Crippen LogP contribution in [0.1, 0.15) is 23.7 Å². The van der Waals surface area contributed by atoms with Crippen LogP contribution in [-0.2, 0) is 14.8 Å². The first-order valence-corrected chi connectivity index (χ1v) is 7.85. The van der Waals surface area contributed by atoms with Crippen molar-refractivity contribution in [2.45, 2.75) is 30.3 Å². The predicted octanol–water partition coefficient (Wildman–Crippen LogP) is 0.502. The summed E-state index contributed by atoms with van der Waals surface area (Å²) in [5, 5.41) is 3.17. The van der Waals surface area contributed by atoms with Crippen molar-refractivity contribution in [3.05, 3.63) is 29.8 Å². The van der Waals surface area contributed by atoms with Gasteiger partial charge in [0.2, 0.25) is 10.0 Å². The number of sulfonamides is 1. The molecular weight excluding hydrogens is 280 g/mol. The summed E-state index contributed by atoms with van der Waals surface area (Å²) in [6.45, 7) is 2.58. The molecule has 0 radical (unpaired) electrons. The lowest BCUT2D eigenvalue weighted by Gasteiger charge is -2.14. The Balaban J connectivity index is 2.28. The molecule has 1 aliphatic rings. The van der Waals surface area contributed by atoms with Crippen LogP contribution in [0.5, 0.6) is 0 Å². The number of methoxy groups -OCH3 is 1. The molecule has 0 amide bonds. The lowest BCUT2D eigenvalue weighted by Crippen LogP contribution is -2.36. The Hall–Kier alpha value is -1.44. The molecule has 1 saturated heterocycles. The lowest BCUT2D eigenvalue weighted by molar-refractivity contribution is 0.0596. The maximum Gasteiger partial charge on any atom is 0.339 e. The number of esters is 1. The average Bonchev–Trinajstić information content (AvgIpc) is 2.82. The van der Waals surface area contributed by atoms with Crippen LogP contribution < -0.4 is 10.0 Å². The molecule has 1 fully saturated rings. The number of carbonyl (C=O) groups excluding carboxylic acids is 1. The molecule has 1 heterocycles. The summed E-state index contributed by atoms with van der Waals surface area (Å²) >= 11 is 0. The highest BCUT2D eigenvalue weighted by Gasteiger charge is 2.28. The van der Waals surface area contributed by atoms with Crippen LogP contribution in [0.4, 0.5) is 0 Å². The Morgan fingerprint density at radius 1 is 1.40 bits per heavy atom. The topological polar surface area (TPSA) is 84.5 Å². The van der Waals surface area contributed by atoms with E-state index >= 15 is 0 Å². The maximum absolute atomic E-state index is 12.4. The van der Waals surface area contributed by atoms with Crippen LogP contribution >= 0.6 is 0 Å². The second-order valence-corrected chi connectivity index (χ2v) is 6.53. The van der Waals surface area contributed by atoms with Gasteiger partial charge in [0.25, 0.3) is 0 Å². The van der Waals surface area contributed by atoms with Crippen LogP contribution in [0, 0.1) is 0 Å². The molecule has 0 aromatic heterocycles. The van der Waals surface area contributed by atoms with Crippen LogP contribution in [0.25, 0.3) is 0 Å². The fraction of sp³-hybridized carbons (Fsp3) is 0.462. The molecule has 6 nitrogen and oxygen atoms in total. The number of nitrogens with one attached hydrogen (secondary N) is 2. The quantitative estimate of drug-likeness (QED) is 0.791. The molecule has 1 aromatic carbocycles. The molecule has 0 unspecified atom stereocenters. The third-order valence-corrected chi connectivity index (χ3v) is 4.83. The molecule has 7 heteroatoms. The predicted molar refractivity (Wildman–Crippen MR) is 74.0 cm³/mol. The van der Waals surface area contributed by atoms with Gasteiger partial charge in [-0.05, 0) is 25.5 Å². The van der Waals surface area contributed by atoms with E-state index in [1.807, 2.05) is 6.92 Å². The third kappa shape index (κ3) is 3.17. The van der Waals surface area contributed by atoms with E-state index in [0.717, 1.165) is 6.42 Å². The van der Waals surface area contributed by atoms with E-state index in [2.05, 4.69) is 14.8 Å². The Morgan fingerprint density at radius 2 is 2.10 bits per heavy atom. The van der Waals surface area contributed by atoms with Gasteiger partial charge in [-0.2, -0.15) is 0 Å². The van der Waals surface area contributed by atoms with Crippen molar-refractivity contribution in [2.75, 3.05) is 13.7 Å². The number of hydrogen-bond donors (Lipinski definition) is 2. The molecule has 110 valence electrons. The van der Waals surface area contributed by atoms with Crippen LogP contribution in [0.15, 0.2) is 29.2 Å². The molecule has 0 spiro atoms. The molecule has 2 N–H and O–H groups in total. The standard InChI is InChI=1S/C13H18N2O4S/c1-9-7-10(8-14-9)15-20(17,18)12-6-4-3-5-11(12)13(16)19-2/h3-6,9-10,14-15H,7-8H2,1-2H3/t9-,10-/m1/s1. The second-order valence-electron chi connectivity index (χ2n) is 4.85. The van der Waals surface area contributed by atoms with Gasteiger partial charge in [-0.3, -0.25) is 0 Å². The first-order chi connectivity index (χ1) is 9.44. The monoisotopic (exact) mass is 298 g/mol. The van der Waals surface area contributed by atoms with Gasteiger partial charge >= 0.3 is 5.97 Å². The first kappa shape index (κ1) is 15.0. The summed E-state index contributed by atoms with van der Waals surface area (Å²) in [5.41, 5.74) is 0.0431. The number of benzene rings is 1. The summed E-state index contributed by atoms with van der Waals surface area (Å²) in [5.74, 6) is -0.663. The van der Waals surface area contributed by atoms with Crippen LogP contribution in [0.2, 0.25) is 0 Å². The van der Waals surface area contributed by atoms with Gasteiger partial charge < -0.3 is 10.1 Å². The van der Waals surface area contributed by atoms with Gasteiger partial charge in [0.05, 0.1) is 17.6 Å². The Morgan fingerprint density at radius 3 is 2.70 bits per heavy atom. The Bertz CT molecular complexity index is 600. The maximum atomic E-state index is 12.4. The summed E-state index contributed by atoms with van der Waals surface area (Å²) in [7, 11) is -2.52. The molecule has 0 aliphatic carbocycles. The zero-order valence-electron chi connectivity index (χ0n) is 11.4. The van der Waals surface area contributed by atoms with Crippen molar-refractivity contribution >= 4 is 16.0 Å². The normalized spacial score (nSPS) is 22.7. The van der Waals surface area contributed by atoms with E-state index in [1.165, 1.54) is 19.2 Å². The van der Waals surface area contributed by atoms with Crippen molar-refractivity contribution < 1.29 is 17.9 Å². The van der Waals surface area contributed by atoms with Crippen molar-refractivity contribution in [3.63, 3.8) is 0 Å². The number of hydrogen-bond acceptors (Lipinski definition) is 5. The van der Waals surface area contributed by atoms with Crippen molar-refractivity contribution in [1.82, 2.24) is 10.0 Å². The van der Waals surface area contributed by atoms with Crippen LogP contribution in [-0.4, -0.2) is 40.1 Å². The highest BCUT2D eigenvalue weighted by Crippen LogP contribution is 2.18. The van der Waals surface area contributed by atoms with E-state index < -0.39 is 16.0 Å². The molecule has 2 atom stereocenters. The van der Waals surface area contributed by atoms with Gasteiger partial charge in [0, 0.05) is 18.6 Å². The SMILES string of the molecule is COC(=O)c1ccccc1S(=O)(=O)N[C@H]1CN[C@H](C)C1. The number of ether oxygens (including phenoxy) is 1. The third-order valence-electron chi connectivity index (χ3n) is 3.25. The van der Waals surface area contributed by atoms with Crippen molar-refractivity contribution in [2.24, 2.45) is 0 Å². The molecule has 1 aromatic rings. The molecule has 0 bridgehead atoms. The Kier molecular flexibility index (Phi) is 4.42. The van der Waals surface area contributed by atoms with E-state index in [-0.39, 0.29) is 22.5 Å². The fourth-order valence-corrected chi connectivity index (χ4v) is 3.73. The van der Waals surface area contributed by atoms with E-state index in [9.17, 15) is 13.2 Å². The highest BCUT2D eigenvalue weighted by molar-refractivity contribution is 7.89. The molecule has 2 rings (SSSR count). The van der Waals surface area contributed by atoms with Gasteiger partial charge in [0.15, 0.2) is 0 Å². The smallest absolute Gasteiger partial charge is 0.339 e. The minimum Gasteiger partial charge on any atom is -0.465 e. The summed E-state index contributed by atoms with van der Waals surface area (Å²) in [4.78, 5) is 11.6. The van der Waals surface area contributed by atoms with Crippen molar-refractivity contribution in [1.29, 1.82) is 0 Å². The van der Waals surface area contributed by atoms with E-state index in [1.54, 1.807) is 12.1 Å². The summed E-state index contributed by atoms with van der Waals surface area (Å²) in [6.07, 6.45) is 0.722.